The maximum atomic E-state index is 12.6. The second-order valence-corrected chi connectivity index (χ2v) is 7.28. The molecule has 0 heterocycles. The van der Waals surface area contributed by atoms with Gasteiger partial charge in [0.15, 0.2) is 0 Å². The van der Waals surface area contributed by atoms with Crippen molar-refractivity contribution in [2.75, 3.05) is 11.1 Å². The third-order valence-electron chi connectivity index (χ3n) is 3.96. The van der Waals surface area contributed by atoms with E-state index in [1.165, 1.54) is 24.3 Å². The lowest BCUT2D eigenvalue weighted by atomic mass is 10.1. The van der Waals surface area contributed by atoms with Gasteiger partial charge < -0.3 is 16.2 Å². The molecular formula is C18H16N2O5S. The van der Waals surface area contributed by atoms with Crippen molar-refractivity contribution >= 4 is 38.2 Å². The molecule has 0 saturated carbocycles. The number of carbonyl (C=O) groups excluding carboxylic acids is 1. The zero-order valence-corrected chi connectivity index (χ0v) is 14.5. The zero-order valence-electron chi connectivity index (χ0n) is 13.7. The molecule has 0 bridgehead atoms. The molecule has 0 spiro atoms. The summed E-state index contributed by atoms with van der Waals surface area (Å²) in [6.45, 7) is 1.81. The Kier molecular flexibility index (Phi) is 4.31. The predicted octanol–water partition coefficient (Wildman–Crippen LogP) is 2.94. The molecule has 3 aromatic carbocycles. The number of fused-ring (bicyclic) bond motifs is 1. The Labute approximate surface area is 149 Å². The lowest BCUT2D eigenvalue weighted by molar-refractivity contribution is 0.102. The van der Waals surface area contributed by atoms with Crippen LogP contribution in [0.15, 0.2) is 53.4 Å². The molecule has 0 aliphatic rings. The van der Waals surface area contributed by atoms with E-state index in [2.05, 4.69) is 5.32 Å². The molecule has 7 nitrogen and oxygen atoms in total. The van der Waals surface area contributed by atoms with Crippen LogP contribution in [0.5, 0.6) is 5.75 Å². The monoisotopic (exact) mass is 372 g/mol. The minimum absolute atomic E-state index is 0.0268. The number of nitrogens with two attached hydrogens (primary N) is 1. The van der Waals surface area contributed by atoms with E-state index >= 15 is 0 Å². The first kappa shape index (κ1) is 17.7. The predicted molar refractivity (Wildman–Crippen MR) is 99.0 cm³/mol. The highest BCUT2D eigenvalue weighted by atomic mass is 32.2. The number of amides is 1. The van der Waals surface area contributed by atoms with Crippen LogP contribution >= 0.6 is 0 Å². The number of carbonyl (C=O) groups is 1. The molecule has 0 atom stereocenters. The number of nitrogen functional groups attached to an aromatic ring is 1. The van der Waals surface area contributed by atoms with Gasteiger partial charge in [-0.25, -0.2) is 0 Å². The van der Waals surface area contributed by atoms with Crippen LogP contribution < -0.4 is 11.1 Å². The van der Waals surface area contributed by atoms with Crippen LogP contribution in [-0.4, -0.2) is 24.0 Å². The number of aromatic hydroxyl groups is 1. The molecule has 134 valence electrons. The van der Waals surface area contributed by atoms with Crippen LogP contribution in [0.3, 0.4) is 0 Å². The summed E-state index contributed by atoms with van der Waals surface area (Å²) in [6, 6.07) is 11.8. The van der Waals surface area contributed by atoms with Gasteiger partial charge in [0, 0.05) is 11.1 Å². The fourth-order valence-corrected chi connectivity index (χ4v) is 3.13. The average Bonchev–Trinajstić information content (AvgIpc) is 2.58. The second-order valence-electron chi connectivity index (χ2n) is 5.86. The van der Waals surface area contributed by atoms with Gasteiger partial charge in [0.25, 0.3) is 16.0 Å². The number of benzene rings is 3. The lowest BCUT2D eigenvalue weighted by Crippen LogP contribution is -2.14. The van der Waals surface area contributed by atoms with Crippen molar-refractivity contribution in [2.24, 2.45) is 0 Å². The summed E-state index contributed by atoms with van der Waals surface area (Å²) in [4.78, 5) is 12.2. The van der Waals surface area contributed by atoms with Crippen molar-refractivity contribution in [1.29, 1.82) is 0 Å². The number of phenolic OH excluding ortho intramolecular Hbond substituents is 1. The van der Waals surface area contributed by atoms with E-state index in [9.17, 15) is 22.9 Å². The van der Waals surface area contributed by atoms with Gasteiger partial charge in [-0.2, -0.15) is 8.42 Å². The topological polar surface area (TPSA) is 130 Å². The molecule has 0 aliphatic heterocycles. The maximum Gasteiger partial charge on any atom is 0.294 e. The van der Waals surface area contributed by atoms with Crippen LogP contribution in [-0.2, 0) is 10.1 Å². The SMILES string of the molecule is Cc1ccc(N)c(C(=O)Nc2c(O)ccc3ccc(S(=O)(=O)O)cc23)c1. The summed E-state index contributed by atoms with van der Waals surface area (Å²) >= 11 is 0. The Morgan fingerprint density at radius 2 is 1.77 bits per heavy atom. The fourth-order valence-electron chi connectivity index (χ4n) is 2.63. The highest BCUT2D eigenvalue weighted by molar-refractivity contribution is 7.85. The number of nitrogens with one attached hydrogen (secondary N) is 1. The van der Waals surface area contributed by atoms with E-state index in [4.69, 9.17) is 5.73 Å². The molecule has 0 unspecified atom stereocenters. The number of aryl methyl sites for hydroxylation is 1. The van der Waals surface area contributed by atoms with Crippen molar-refractivity contribution in [3.8, 4) is 5.75 Å². The molecule has 3 aromatic rings. The fraction of sp³-hybridized carbons (Fsp3) is 0.0556. The first-order valence-electron chi connectivity index (χ1n) is 7.57. The molecule has 0 fully saturated rings. The summed E-state index contributed by atoms with van der Waals surface area (Å²) in [5, 5.41) is 13.6. The minimum atomic E-state index is -4.43. The van der Waals surface area contributed by atoms with Crippen molar-refractivity contribution in [3.05, 3.63) is 59.7 Å². The summed E-state index contributed by atoms with van der Waals surface area (Å²) in [7, 11) is -4.43. The average molecular weight is 372 g/mol. The van der Waals surface area contributed by atoms with Gasteiger partial charge in [-0.15, -0.1) is 0 Å². The first-order chi connectivity index (χ1) is 12.2. The summed E-state index contributed by atoms with van der Waals surface area (Å²) < 4.78 is 32.0. The van der Waals surface area contributed by atoms with Gasteiger partial charge in [-0.3, -0.25) is 9.35 Å². The molecular weight excluding hydrogens is 356 g/mol. The Balaban J connectivity index is 2.13. The number of hydrogen-bond acceptors (Lipinski definition) is 5. The first-order valence-corrected chi connectivity index (χ1v) is 9.01. The summed E-state index contributed by atoms with van der Waals surface area (Å²) in [5.74, 6) is -0.796. The lowest BCUT2D eigenvalue weighted by Gasteiger charge is -2.13. The Morgan fingerprint density at radius 1 is 1.08 bits per heavy atom. The van der Waals surface area contributed by atoms with Gasteiger partial charge in [-0.1, -0.05) is 23.8 Å². The molecule has 0 saturated heterocycles. The van der Waals surface area contributed by atoms with Crippen LogP contribution in [0.1, 0.15) is 15.9 Å². The van der Waals surface area contributed by atoms with E-state index in [-0.39, 0.29) is 33.0 Å². The molecule has 5 N–H and O–H groups in total. The number of hydrogen-bond donors (Lipinski definition) is 4. The van der Waals surface area contributed by atoms with E-state index in [0.29, 0.717) is 5.39 Å². The van der Waals surface area contributed by atoms with Crippen LogP contribution in [0.25, 0.3) is 10.8 Å². The molecule has 8 heteroatoms. The highest BCUT2D eigenvalue weighted by Crippen LogP contribution is 2.34. The van der Waals surface area contributed by atoms with Crippen LogP contribution in [0.4, 0.5) is 11.4 Å². The number of rotatable bonds is 3. The molecule has 26 heavy (non-hydrogen) atoms. The minimum Gasteiger partial charge on any atom is -0.506 e. The summed E-state index contributed by atoms with van der Waals surface area (Å²) in [6.07, 6.45) is 0. The Morgan fingerprint density at radius 3 is 2.46 bits per heavy atom. The van der Waals surface area contributed by atoms with Crippen molar-refractivity contribution in [1.82, 2.24) is 0 Å². The van der Waals surface area contributed by atoms with Crippen LogP contribution in [0, 0.1) is 6.92 Å². The normalized spacial score (nSPS) is 11.5. The van der Waals surface area contributed by atoms with Gasteiger partial charge in [-0.05, 0) is 42.6 Å². The quantitative estimate of drug-likeness (QED) is 0.318. The molecule has 0 aliphatic carbocycles. The third kappa shape index (κ3) is 3.32. The Bertz CT molecular complexity index is 1140. The van der Waals surface area contributed by atoms with Gasteiger partial charge >= 0.3 is 0 Å². The molecule has 0 radical (unpaired) electrons. The number of phenols is 1. The van der Waals surface area contributed by atoms with E-state index < -0.39 is 16.0 Å². The molecule has 0 aromatic heterocycles. The maximum absolute atomic E-state index is 12.6. The van der Waals surface area contributed by atoms with Crippen molar-refractivity contribution in [2.45, 2.75) is 11.8 Å². The van der Waals surface area contributed by atoms with Gasteiger partial charge in [0.2, 0.25) is 0 Å². The standard InChI is InChI=1S/C18H16N2O5S/c1-10-2-6-15(19)14(8-10)18(22)20-17-13-9-12(26(23,24)25)5-3-11(13)4-7-16(17)21/h2-9,21H,19H2,1H3,(H,20,22)(H,23,24,25). The highest BCUT2D eigenvalue weighted by Gasteiger charge is 2.17. The molecule has 3 rings (SSSR count). The molecule has 1 amide bonds. The van der Waals surface area contributed by atoms with Crippen molar-refractivity contribution < 1.29 is 22.9 Å². The third-order valence-corrected chi connectivity index (χ3v) is 4.81. The smallest absolute Gasteiger partial charge is 0.294 e. The second kappa shape index (κ2) is 6.32. The van der Waals surface area contributed by atoms with E-state index in [1.54, 1.807) is 24.3 Å². The van der Waals surface area contributed by atoms with Crippen LogP contribution in [0.2, 0.25) is 0 Å². The Hall–Kier alpha value is -3.10. The summed E-state index contributed by atoms with van der Waals surface area (Å²) in [5.41, 5.74) is 7.20. The van der Waals surface area contributed by atoms with E-state index in [1.807, 2.05) is 6.92 Å². The number of anilines is 2. The zero-order chi connectivity index (χ0) is 19.1. The van der Waals surface area contributed by atoms with E-state index in [0.717, 1.165) is 5.56 Å². The van der Waals surface area contributed by atoms with Gasteiger partial charge in [0.05, 0.1) is 16.1 Å². The largest absolute Gasteiger partial charge is 0.506 e. The van der Waals surface area contributed by atoms with Crippen molar-refractivity contribution in [3.63, 3.8) is 0 Å². The van der Waals surface area contributed by atoms with Gasteiger partial charge in [0.1, 0.15) is 5.75 Å².